The average molecular weight is 515 g/mol. The third kappa shape index (κ3) is 5.31. The van der Waals surface area contributed by atoms with Crippen LogP contribution in [0.2, 0.25) is 0 Å². The number of nitrogen functional groups attached to an aromatic ring is 1. The first kappa shape index (κ1) is 25.1. The third-order valence-electron chi connectivity index (χ3n) is 5.40. The lowest BCUT2D eigenvalue weighted by atomic mass is 9.96. The summed E-state index contributed by atoms with van der Waals surface area (Å²) in [4.78, 5) is 18.9. The molecule has 5 N–H and O–H groups in total. The van der Waals surface area contributed by atoms with Gasteiger partial charge in [-0.3, -0.25) is 4.79 Å². The molecule has 1 unspecified atom stereocenters. The van der Waals surface area contributed by atoms with E-state index in [1.165, 1.54) is 35.6 Å². The topological polar surface area (TPSA) is 124 Å². The summed E-state index contributed by atoms with van der Waals surface area (Å²) < 4.78 is 49.5. The van der Waals surface area contributed by atoms with Crippen molar-refractivity contribution in [2.45, 2.75) is 24.7 Å². The van der Waals surface area contributed by atoms with Gasteiger partial charge >= 0.3 is 18.2 Å². The number of halogens is 3. The molecule has 4 rings (SSSR count). The molecule has 0 bridgehead atoms. The monoisotopic (exact) mass is 514 g/mol. The van der Waals surface area contributed by atoms with E-state index in [4.69, 9.17) is 21.3 Å². The van der Waals surface area contributed by atoms with Crippen molar-refractivity contribution in [2.24, 2.45) is 5.73 Å². The SMILES string of the molecule is Nc1nc(O[C@](F)(c2ccccc2-c2ccsc2)C(F)F)cc(-c2ccc(CC(N)C(=O)O)cc2)n1. The smallest absolute Gasteiger partial charge is 0.336 e. The molecule has 0 aliphatic rings. The molecule has 2 aromatic carbocycles. The standard InChI is InChI=1S/C25H21F3N4O3S/c26-23(27)25(28,18-4-2-1-3-17(18)16-9-10-36-13-16)35-21-12-20(31-24(30)32-21)15-7-5-14(6-8-15)11-19(29)22(33)34/h1-10,12-13,19,23H,11,29H2,(H,33,34)(H2,30,31,32)/t19?,25-/m1/s1. The number of alkyl halides is 3. The summed E-state index contributed by atoms with van der Waals surface area (Å²) in [6, 6.07) is 14.2. The maximum absolute atomic E-state index is 16.0. The second-order valence-corrected chi connectivity index (χ2v) is 8.68. The molecular weight excluding hydrogens is 493 g/mol. The van der Waals surface area contributed by atoms with Gasteiger partial charge in [-0.05, 0) is 39.9 Å². The van der Waals surface area contributed by atoms with Crippen molar-refractivity contribution < 1.29 is 27.8 Å². The molecule has 0 radical (unpaired) electrons. The Hall–Kier alpha value is -3.96. The molecule has 0 aliphatic carbocycles. The second kappa shape index (κ2) is 10.3. The van der Waals surface area contributed by atoms with E-state index in [0.717, 1.165) is 0 Å². The van der Waals surface area contributed by atoms with Crippen LogP contribution < -0.4 is 16.2 Å². The quantitative estimate of drug-likeness (QED) is 0.291. The minimum atomic E-state index is -3.55. The first-order valence-corrected chi connectivity index (χ1v) is 11.6. The van der Waals surface area contributed by atoms with Gasteiger partial charge in [-0.1, -0.05) is 48.5 Å². The van der Waals surface area contributed by atoms with E-state index < -0.39 is 30.2 Å². The van der Waals surface area contributed by atoms with E-state index in [1.54, 1.807) is 47.2 Å². The Bertz CT molecular complexity index is 1350. The summed E-state index contributed by atoms with van der Waals surface area (Å²) in [5, 5.41) is 12.4. The van der Waals surface area contributed by atoms with Gasteiger partial charge in [0, 0.05) is 17.2 Å². The molecule has 7 nitrogen and oxygen atoms in total. The zero-order valence-corrected chi connectivity index (χ0v) is 19.5. The van der Waals surface area contributed by atoms with Crippen molar-refractivity contribution in [3.05, 3.63) is 82.6 Å². The first-order valence-electron chi connectivity index (χ1n) is 10.7. The largest absolute Gasteiger partial charge is 0.480 e. The fourth-order valence-electron chi connectivity index (χ4n) is 3.61. The number of aliphatic carboxylic acids is 1. The number of nitrogens with zero attached hydrogens (tertiary/aromatic N) is 2. The number of rotatable bonds is 9. The highest BCUT2D eigenvalue weighted by molar-refractivity contribution is 7.08. The Morgan fingerprint density at radius 2 is 1.81 bits per heavy atom. The van der Waals surface area contributed by atoms with Crippen LogP contribution in [0.15, 0.2) is 71.4 Å². The van der Waals surface area contributed by atoms with Gasteiger partial charge in [0.05, 0.1) is 5.69 Å². The Morgan fingerprint density at radius 3 is 2.44 bits per heavy atom. The number of nitrogens with two attached hydrogens (primary N) is 2. The van der Waals surface area contributed by atoms with Crippen LogP contribution >= 0.6 is 11.3 Å². The summed E-state index contributed by atoms with van der Waals surface area (Å²) in [6.07, 6.45) is -3.44. The summed E-state index contributed by atoms with van der Waals surface area (Å²) in [5.74, 6) is -5.42. The molecule has 186 valence electrons. The summed E-state index contributed by atoms with van der Waals surface area (Å²) in [5.41, 5.74) is 13.2. The second-order valence-electron chi connectivity index (χ2n) is 7.90. The van der Waals surface area contributed by atoms with Gasteiger partial charge in [0.15, 0.2) is 0 Å². The highest BCUT2D eigenvalue weighted by Gasteiger charge is 2.47. The lowest BCUT2D eigenvalue weighted by molar-refractivity contribution is -0.175. The summed E-state index contributed by atoms with van der Waals surface area (Å²) in [6.45, 7) is 0. The van der Waals surface area contributed by atoms with E-state index in [-0.39, 0.29) is 29.2 Å². The van der Waals surface area contributed by atoms with Crippen LogP contribution in [0.1, 0.15) is 11.1 Å². The molecule has 0 saturated carbocycles. The Morgan fingerprint density at radius 1 is 1.08 bits per heavy atom. The van der Waals surface area contributed by atoms with Crippen LogP contribution in [-0.4, -0.2) is 33.5 Å². The molecule has 11 heteroatoms. The van der Waals surface area contributed by atoms with Crippen LogP contribution in [-0.2, 0) is 17.1 Å². The van der Waals surface area contributed by atoms with E-state index in [9.17, 15) is 13.6 Å². The van der Waals surface area contributed by atoms with Gasteiger partial charge in [-0.15, -0.1) is 0 Å². The van der Waals surface area contributed by atoms with E-state index in [0.29, 0.717) is 16.7 Å². The lowest BCUT2D eigenvalue weighted by Gasteiger charge is -2.27. The molecule has 0 spiro atoms. The fraction of sp³-hybridized carbons (Fsp3) is 0.160. The number of carboxylic acid groups (broad SMARTS) is 1. The normalized spacial score (nSPS) is 13.8. The van der Waals surface area contributed by atoms with Crippen molar-refractivity contribution in [3.63, 3.8) is 0 Å². The number of carboxylic acids is 1. The molecule has 2 atom stereocenters. The number of hydrogen-bond donors (Lipinski definition) is 3. The zero-order valence-electron chi connectivity index (χ0n) is 18.6. The predicted molar refractivity (Wildman–Crippen MR) is 130 cm³/mol. The molecule has 2 heterocycles. The maximum Gasteiger partial charge on any atom is 0.336 e. The molecule has 36 heavy (non-hydrogen) atoms. The van der Waals surface area contributed by atoms with Crippen LogP contribution in [0.5, 0.6) is 5.88 Å². The molecule has 0 saturated heterocycles. The summed E-state index contributed by atoms with van der Waals surface area (Å²) in [7, 11) is 0. The van der Waals surface area contributed by atoms with Crippen molar-refractivity contribution in [2.75, 3.05) is 5.73 Å². The number of ether oxygens (including phenoxy) is 1. The molecule has 0 amide bonds. The van der Waals surface area contributed by atoms with Gasteiger partial charge < -0.3 is 21.3 Å². The number of thiophene rings is 1. The number of anilines is 1. The van der Waals surface area contributed by atoms with E-state index in [2.05, 4.69) is 9.97 Å². The van der Waals surface area contributed by atoms with Crippen molar-refractivity contribution in [1.29, 1.82) is 0 Å². The van der Waals surface area contributed by atoms with Gasteiger partial charge in [0.1, 0.15) is 6.04 Å². The van der Waals surface area contributed by atoms with Gasteiger partial charge in [0.25, 0.3) is 0 Å². The zero-order chi connectivity index (χ0) is 25.9. The van der Waals surface area contributed by atoms with Crippen molar-refractivity contribution in [3.8, 4) is 28.3 Å². The predicted octanol–water partition coefficient (Wildman–Crippen LogP) is 4.88. The molecular formula is C25H21F3N4O3S. The Labute approximate surface area is 208 Å². The molecule has 4 aromatic rings. The van der Waals surface area contributed by atoms with E-state index in [1.807, 2.05) is 0 Å². The van der Waals surface area contributed by atoms with Crippen LogP contribution in [0.25, 0.3) is 22.4 Å². The van der Waals surface area contributed by atoms with Gasteiger partial charge in [0.2, 0.25) is 11.8 Å². The lowest BCUT2D eigenvalue weighted by Crippen LogP contribution is -2.37. The summed E-state index contributed by atoms with van der Waals surface area (Å²) >= 11 is 1.35. The third-order valence-corrected chi connectivity index (χ3v) is 6.09. The van der Waals surface area contributed by atoms with Crippen molar-refractivity contribution >= 4 is 23.3 Å². The first-order chi connectivity index (χ1) is 17.2. The number of hydrogen-bond acceptors (Lipinski definition) is 7. The number of benzene rings is 2. The van der Waals surface area contributed by atoms with Gasteiger partial charge in [-0.25, -0.2) is 13.8 Å². The maximum atomic E-state index is 16.0. The van der Waals surface area contributed by atoms with Crippen LogP contribution in [0, 0.1) is 0 Å². The van der Waals surface area contributed by atoms with E-state index >= 15 is 4.39 Å². The van der Waals surface area contributed by atoms with Crippen LogP contribution in [0.3, 0.4) is 0 Å². The number of aromatic nitrogens is 2. The molecule has 0 aliphatic heterocycles. The van der Waals surface area contributed by atoms with Crippen LogP contribution in [0.4, 0.5) is 19.1 Å². The highest BCUT2D eigenvalue weighted by atomic mass is 32.1. The van der Waals surface area contributed by atoms with Crippen molar-refractivity contribution in [1.82, 2.24) is 9.97 Å². The minimum absolute atomic E-state index is 0.109. The average Bonchev–Trinajstić information content (AvgIpc) is 3.39. The fourth-order valence-corrected chi connectivity index (χ4v) is 4.27. The minimum Gasteiger partial charge on any atom is -0.480 e. The molecule has 0 fully saturated rings. The Kier molecular flexibility index (Phi) is 7.22. The highest BCUT2D eigenvalue weighted by Crippen LogP contribution is 2.41. The molecule has 2 aromatic heterocycles. The number of carbonyl (C=O) groups is 1. The van der Waals surface area contributed by atoms with Gasteiger partial charge in [-0.2, -0.15) is 20.7 Å². The Balaban J connectivity index is 1.67.